The maximum Gasteiger partial charge on any atom is 0.267 e. The second-order valence-electron chi connectivity index (χ2n) is 2.60. The van der Waals surface area contributed by atoms with Gasteiger partial charge in [0.25, 0.3) is 7.82 Å². The van der Waals surface area contributed by atoms with Crippen molar-refractivity contribution in [2.75, 3.05) is 19.5 Å². The number of hydrogen-bond donors (Lipinski definition) is 1. The van der Waals surface area contributed by atoms with Crippen LogP contribution in [0.5, 0.6) is 0 Å². The van der Waals surface area contributed by atoms with E-state index in [1.165, 1.54) is 0 Å². The standard InChI is InChI=1S/C7H17O4PS.C2H6/c1-10-12(8,9)11-6-4-2-3-5-7-13;1-2/h13H,2-7H2,1H3,(H,8,9);1-2H3/p-1. The fourth-order valence-corrected chi connectivity index (χ4v) is 1.48. The van der Waals surface area contributed by atoms with E-state index in [1.807, 2.05) is 13.8 Å². The Morgan fingerprint density at radius 2 is 1.73 bits per heavy atom. The van der Waals surface area contributed by atoms with Gasteiger partial charge in [-0.15, -0.1) is 0 Å². The summed E-state index contributed by atoms with van der Waals surface area (Å²) in [6, 6.07) is 0. The molecule has 0 aromatic carbocycles. The van der Waals surface area contributed by atoms with E-state index in [1.54, 1.807) is 0 Å². The molecule has 0 rings (SSSR count). The van der Waals surface area contributed by atoms with Gasteiger partial charge in [0, 0.05) is 7.11 Å². The van der Waals surface area contributed by atoms with Gasteiger partial charge in [0.2, 0.25) is 0 Å². The summed E-state index contributed by atoms with van der Waals surface area (Å²) in [5, 5.41) is 0. The molecule has 0 aromatic rings. The lowest BCUT2D eigenvalue weighted by molar-refractivity contribution is -0.223. The zero-order chi connectivity index (χ0) is 12.2. The molecule has 0 saturated heterocycles. The molecule has 15 heavy (non-hydrogen) atoms. The summed E-state index contributed by atoms with van der Waals surface area (Å²) in [5.41, 5.74) is 0. The number of unbranched alkanes of at least 4 members (excludes halogenated alkanes) is 3. The van der Waals surface area contributed by atoms with Gasteiger partial charge in [-0.3, -0.25) is 4.57 Å². The molecule has 0 fully saturated rings. The first-order valence-electron chi connectivity index (χ1n) is 5.24. The Kier molecular flexibility index (Phi) is 14.9. The van der Waals surface area contributed by atoms with E-state index >= 15 is 0 Å². The van der Waals surface area contributed by atoms with Gasteiger partial charge in [0.05, 0.1) is 6.61 Å². The Morgan fingerprint density at radius 1 is 1.20 bits per heavy atom. The third-order valence-electron chi connectivity index (χ3n) is 1.53. The minimum absolute atomic E-state index is 0.210. The van der Waals surface area contributed by atoms with Gasteiger partial charge in [0.1, 0.15) is 0 Å². The normalized spacial score (nSPS) is 13.9. The maximum absolute atomic E-state index is 10.7. The van der Waals surface area contributed by atoms with Crippen LogP contribution in [0.25, 0.3) is 0 Å². The summed E-state index contributed by atoms with van der Waals surface area (Å²) in [4.78, 5) is 10.7. The van der Waals surface area contributed by atoms with Crippen LogP contribution in [-0.2, 0) is 13.6 Å². The monoisotopic (exact) mass is 257 g/mol. The molecule has 0 amide bonds. The Morgan fingerprint density at radius 3 is 2.20 bits per heavy atom. The van der Waals surface area contributed by atoms with Gasteiger partial charge in [-0.2, -0.15) is 12.6 Å². The van der Waals surface area contributed by atoms with Crippen molar-refractivity contribution >= 4 is 20.5 Å². The molecule has 0 N–H and O–H groups in total. The lowest BCUT2D eigenvalue weighted by Gasteiger charge is -2.19. The smallest absolute Gasteiger partial charge is 0.267 e. The molecule has 6 heteroatoms. The van der Waals surface area contributed by atoms with Crippen molar-refractivity contribution in [2.45, 2.75) is 39.5 Å². The molecule has 1 atom stereocenters. The quantitative estimate of drug-likeness (QED) is 0.412. The zero-order valence-corrected chi connectivity index (χ0v) is 11.6. The van der Waals surface area contributed by atoms with Gasteiger partial charge < -0.3 is 13.9 Å². The number of rotatable bonds is 8. The average Bonchev–Trinajstić information content (AvgIpc) is 2.26. The molecular weight excluding hydrogens is 235 g/mol. The van der Waals surface area contributed by atoms with Crippen LogP contribution < -0.4 is 4.89 Å². The largest absolute Gasteiger partial charge is 0.756 e. The minimum Gasteiger partial charge on any atom is -0.756 e. The van der Waals surface area contributed by atoms with E-state index in [4.69, 9.17) is 0 Å². The van der Waals surface area contributed by atoms with Crippen LogP contribution >= 0.6 is 20.5 Å². The van der Waals surface area contributed by atoms with Gasteiger partial charge in [0.15, 0.2) is 0 Å². The van der Waals surface area contributed by atoms with Crippen LogP contribution in [0.4, 0.5) is 0 Å². The molecule has 94 valence electrons. The Hall–Kier alpha value is 0.460. The first-order valence-corrected chi connectivity index (χ1v) is 7.34. The van der Waals surface area contributed by atoms with Crippen LogP contribution in [0.3, 0.4) is 0 Å². The van der Waals surface area contributed by atoms with Crippen molar-refractivity contribution in [3.8, 4) is 0 Å². The highest BCUT2D eigenvalue weighted by Crippen LogP contribution is 2.36. The maximum atomic E-state index is 10.7. The molecule has 0 aliphatic heterocycles. The molecule has 0 aliphatic carbocycles. The van der Waals surface area contributed by atoms with Crippen LogP contribution in [0.2, 0.25) is 0 Å². The number of thiol groups is 1. The summed E-state index contributed by atoms with van der Waals surface area (Å²) >= 11 is 4.06. The summed E-state index contributed by atoms with van der Waals surface area (Å²) < 4.78 is 19.3. The third-order valence-corrected chi connectivity index (χ3v) is 2.79. The second kappa shape index (κ2) is 12.5. The van der Waals surface area contributed by atoms with Crippen LogP contribution in [0, 0.1) is 0 Å². The van der Waals surface area contributed by atoms with Crippen LogP contribution in [0.1, 0.15) is 39.5 Å². The fourth-order valence-electron chi connectivity index (χ4n) is 0.796. The molecule has 0 saturated carbocycles. The predicted octanol–water partition coefficient (Wildman–Crippen LogP) is 2.63. The van der Waals surface area contributed by atoms with Crippen molar-refractivity contribution in [1.29, 1.82) is 0 Å². The van der Waals surface area contributed by atoms with E-state index in [2.05, 4.69) is 21.7 Å². The molecule has 1 unspecified atom stereocenters. The van der Waals surface area contributed by atoms with Gasteiger partial charge >= 0.3 is 0 Å². The highest BCUT2D eigenvalue weighted by atomic mass is 32.1. The first-order chi connectivity index (χ1) is 7.12. The number of hydrogen-bond acceptors (Lipinski definition) is 5. The molecule has 0 radical (unpaired) electrons. The lowest BCUT2D eigenvalue weighted by Crippen LogP contribution is -2.06. The van der Waals surface area contributed by atoms with Crippen molar-refractivity contribution in [1.82, 2.24) is 0 Å². The topological polar surface area (TPSA) is 58.6 Å². The van der Waals surface area contributed by atoms with Crippen molar-refractivity contribution in [3.63, 3.8) is 0 Å². The summed E-state index contributed by atoms with van der Waals surface area (Å²) in [5.74, 6) is 0.874. The molecular formula is C9H22O4PS-. The molecule has 0 aliphatic rings. The van der Waals surface area contributed by atoms with E-state index in [0.717, 1.165) is 38.5 Å². The molecule has 4 nitrogen and oxygen atoms in total. The molecule has 0 spiro atoms. The molecule has 0 bridgehead atoms. The van der Waals surface area contributed by atoms with E-state index in [-0.39, 0.29) is 6.61 Å². The Labute approximate surface area is 98.4 Å². The molecule has 0 aromatic heterocycles. The summed E-state index contributed by atoms with van der Waals surface area (Å²) in [7, 11) is -2.90. The van der Waals surface area contributed by atoms with Crippen molar-refractivity contribution < 1.29 is 18.5 Å². The predicted molar refractivity (Wildman–Crippen MR) is 64.2 cm³/mol. The summed E-state index contributed by atoms with van der Waals surface area (Å²) in [6.45, 7) is 4.21. The van der Waals surface area contributed by atoms with Crippen LogP contribution in [0.15, 0.2) is 0 Å². The highest BCUT2D eigenvalue weighted by Gasteiger charge is 2.04. The zero-order valence-electron chi connectivity index (χ0n) is 9.77. The fraction of sp³-hybridized carbons (Fsp3) is 1.00. The van der Waals surface area contributed by atoms with Gasteiger partial charge in [-0.05, 0) is 18.6 Å². The van der Waals surface area contributed by atoms with Crippen LogP contribution in [-0.4, -0.2) is 19.5 Å². The minimum atomic E-state index is -3.99. The SMILES string of the molecule is CC.COP(=O)([O-])OCCCCCCS. The Balaban J connectivity index is 0. The number of phosphoric ester groups is 1. The van der Waals surface area contributed by atoms with E-state index in [0.29, 0.717) is 0 Å². The lowest BCUT2D eigenvalue weighted by atomic mass is 10.2. The highest BCUT2D eigenvalue weighted by molar-refractivity contribution is 7.80. The van der Waals surface area contributed by atoms with E-state index in [9.17, 15) is 9.46 Å². The molecule has 0 heterocycles. The second-order valence-corrected chi connectivity index (χ2v) is 4.57. The Bertz CT molecular complexity index is 166. The summed E-state index contributed by atoms with van der Waals surface area (Å²) in [6.07, 6.45) is 3.82. The van der Waals surface area contributed by atoms with Gasteiger partial charge in [-0.1, -0.05) is 26.7 Å². The average molecular weight is 257 g/mol. The third kappa shape index (κ3) is 14.5. The van der Waals surface area contributed by atoms with E-state index < -0.39 is 7.82 Å². The number of phosphoric acid groups is 1. The van der Waals surface area contributed by atoms with Crippen molar-refractivity contribution in [2.24, 2.45) is 0 Å². The first kappa shape index (κ1) is 17.8. The van der Waals surface area contributed by atoms with Gasteiger partial charge in [-0.25, -0.2) is 0 Å². The van der Waals surface area contributed by atoms with Crippen molar-refractivity contribution in [3.05, 3.63) is 0 Å².